The Morgan fingerprint density at radius 3 is 2.64 bits per heavy atom. The molecule has 0 unspecified atom stereocenters. The average Bonchev–Trinajstić information content (AvgIpc) is 2.33. The predicted molar refractivity (Wildman–Crippen MR) is 38.8 cm³/mol. The van der Waals surface area contributed by atoms with Gasteiger partial charge >= 0.3 is 5.97 Å². The fourth-order valence-electron chi connectivity index (χ4n) is 1.37. The van der Waals surface area contributed by atoms with Crippen molar-refractivity contribution in [2.75, 3.05) is 0 Å². The third-order valence-electron chi connectivity index (χ3n) is 2.11. The molecule has 3 nitrogen and oxygen atoms in total. The van der Waals surface area contributed by atoms with E-state index in [4.69, 9.17) is 11.5 Å². The van der Waals surface area contributed by atoms with Gasteiger partial charge in [-0.05, 0) is 12.8 Å². The number of hydrogen-bond donors (Lipinski definition) is 2. The Labute approximate surface area is 65.0 Å². The molecule has 2 N–H and O–H groups in total. The number of carboxylic acid groups (broad SMARTS) is 1. The van der Waals surface area contributed by atoms with Crippen molar-refractivity contribution in [3.8, 4) is 12.3 Å². The Balaban J connectivity index is 2.62. The fraction of sp³-hybridized carbons (Fsp3) is 0.625. The van der Waals surface area contributed by atoms with E-state index >= 15 is 0 Å². The fourth-order valence-corrected chi connectivity index (χ4v) is 1.37. The number of hydrogen-bond acceptors (Lipinski definition) is 2. The second kappa shape index (κ2) is 2.55. The quantitative estimate of drug-likeness (QED) is 0.532. The topological polar surface area (TPSA) is 57.5 Å². The number of rotatable bonds is 1. The van der Waals surface area contributed by atoms with E-state index in [2.05, 4.69) is 5.92 Å². The molecule has 3 heteroatoms. The van der Waals surface area contributed by atoms with E-state index in [1.165, 1.54) is 0 Å². The van der Waals surface area contributed by atoms with Gasteiger partial charge in [0.25, 0.3) is 0 Å². The highest BCUT2D eigenvalue weighted by Crippen LogP contribution is 2.33. The van der Waals surface area contributed by atoms with Gasteiger partial charge in [-0.1, -0.05) is 5.92 Å². The predicted octanol–water partition coefficient (Wildman–Crippen LogP) is 0.235. The lowest BCUT2D eigenvalue weighted by Crippen LogP contribution is -2.23. The van der Waals surface area contributed by atoms with Gasteiger partial charge in [0, 0.05) is 6.42 Å². The summed E-state index contributed by atoms with van der Waals surface area (Å²) in [5, 5.41) is 18.0. The maximum absolute atomic E-state index is 10.4. The van der Waals surface area contributed by atoms with Crippen LogP contribution in [-0.4, -0.2) is 21.8 Å². The summed E-state index contributed by atoms with van der Waals surface area (Å²) in [5.74, 6) is 0.891. The highest BCUT2D eigenvalue weighted by Gasteiger charge is 2.38. The van der Waals surface area contributed by atoms with Crippen LogP contribution in [0.5, 0.6) is 0 Å². The third kappa shape index (κ3) is 1.52. The standard InChI is InChI=1S/C8H10O3/c1-2-8(11)4-3-6(5-8)7(9)10/h1,6,11H,3-5H2,(H,9,10)/t6-,8+/m0/s1. The Kier molecular flexibility index (Phi) is 1.88. The van der Waals surface area contributed by atoms with E-state index in [9.17, 15) is 9.90 Å². The Hall–Kier alpha value is -1.01. The molecule has 1 rings (SSSR count). The van der Waals surface area contributed by atoms with Crippen molar-refractivity contribution < 1.29 is 15.0 Å². The number of carbonyl (C=O) groups is 1. The maximum atomic E-state index is 10.4. The van der Waals surface area contributed by atoms with Crippen LogP contribution in [0.25, 0.3) is 0 Å². The number of terminal acetylenes is 1. The monoisotopic (exact) mass is 154 g/mol. The van der Waals surface area contributed by atoms with Gasteiger partial charge in [-0.25, -0.2) is 0 Å². The molecule has 0 aliphatic heterocycles. The molecule has 0 bridgehead atoms. The van der Waals surface area contributed by atoms with Gasteiger partial charge in [-0.3, -0.25) is 4.79 Å². The van der Waals surface area contributed by atoms with Crippen LogP contribution in [0.4, 0.5) is 0 Å². The average molecular weight is 154 g/mol. The van der Waals surface area contributed by atoms with Crippen molar-refractivity contribution >= 4 is 5.97 Å². The second-order valence-electron chi connectivity index (χ2n) is 2.95. The molecule has 0 radical (unpaired) electrons. The molecule has 11 heavy (non-hydrogen) atoms. The van der Waals surface area contributed by atoms with E-state index in [0.29, 0.717) is 12.8 Å². The van der Waals surface area contributed by atoms with Crippen molar-refractivity contribution in [3.05, 3.63) is 0 Å². The van der Waals surface area contributed by atoms with Crippen LogP contribution in [0.15, 0.2) is 0 Å². The van der Waals surface area contributed by atoms with Gasteiger partial charge in [0.05, 0.1) is 5.92 Å². The molecule has 0 aromatic heterocycles. The van der Waals surface area contributed by atoms with Crippen molar-refractivity contribution in [3.63, 3.8) is 0 Å². The maximum Gasteiger partial charge on any atom is 0.306 e. The number of carboxylic acids is 1. The molecule has 0 amide bonds. The van der Waals surface area contributed by atoms with Crippen LogP contribution in [0.1, 0.15) is 19.3 Å². The number of aliphatic hydroxyl groups is 1. The zero-order chi connectivity index (χ0) is 8.48. The largest absolute Gasteiger partial charge is 0.481 e. The summed E-state index contributed by atoms with van der Waals surface area (Å²) in [5.41, 5.74) is -1.16. The highest BCUT2D eigenvalue weighted by molar-refractivity contribution is 5.70. The van der Waals surface area contributed by atoms with E-state index in [1.54, 1.807) is 0 Å². The van der Waals surface area contributed by atoms with Crippen molar-refractivity contribution in [1.29, 1.82) is 0 Å². The first-order valence-corrected chi connectivity index (χ1v) is 3.50. The minimum Gasteiger partial charge on any atom is -0.481 e. The molecule has 0 heterocycles. The molecule has 1 aliphatic carbocycles. The molecule has 2 atom stereocenters. The first kappa shape index (κ1) is 8.09. The summed E-state index contributed by atoms with van der Waals surface area (Å²) in [6, 6.07) is 0. The zero-order valence-electron chi connectivity index (χ0n) is 6.08. The summed E-state index contributed by atoms with van der Waals surface area (Å²) in [6.07, 6.45) is 6.12. The van der Waals surface area contributed by atoms with E-state index in [0.717, 1.165) is 0 Å². The van der Waals surface area contributed by atoms with Gasteiger partial charge in [0.2, 0.25) is 0 Å². The third-order valence-corrected chi connectivity index (χ3v) is 2.11. The first-order chi connectivity index (χ1) is 5.07. The SMILES string of the molecule is C#C[C@@]1(O)CC[C@H](C(=O)O)C1. The molecule has 0 aromatic rings. The lowest BCUT2D eigenvalue weighted by atomic mass is 10.0. The molecule has 1 aliphatic rings. The lowest BCUT2D eigenvalue weighted by Gasteiger charge is -2.12. The van der Waals surface area contributed by atoms with Crippen LogP contribution >= 0.6 is 0 Å². The molecular weight excluding hydrogens is 144 g/mol. The van der Waals surface area contributed by atoms with Gasteiger partial charge in [0.15, 0.2) is 0 Å². The Morgan fingerprint density at radius 1 is 1.73 bits per heavy atom. The molecule has 1 saturated carbocycles. The van der Waals surface area contributed by atoms with Gasteiger partial charge in [-0.2, -0.15) is 0 Å². The summed E-state index contributed by atoms with van der Waals surface area (Å²) in [6.45, 7) is 0. The molecule has 0 aromatic carbocycles. The summed E-state index contributed by atoms with van der Waals surface area (Å²) in [7, 11) is 0. The van der Waals surface area contributed by atoms with Crippen LogP contribution in [0, 0.1) is 18.3 Å². The van der Waals surface area contributed by atoms with Crippen molar-refractivity contribution in [2.24, 2.45) is 5.92 Å². The van der Waals surface area contributed by atoms with Crippen LogP contribution in [-0.2, 0) is 4.79 Å². The van der Waals surface area contributed by atoms with E-state index in [-0.39, 0.29) is 6.42 Å². The lowest BCUT2D eigenvalue weighted by molar-refractivity contribution is -0.141. The first-order valence-electron chi connectivity index (χ1n) is 3.50. The van der Waals surface area contributed by atoms with Gasteiger partial charge < -0.3 is 10.2 Å². The Morgan fingerprint density at radius 2 is 2.36 bits per heavy atom. The van der Waals surface area contributed by atoms with Crippen molar-refractivity contribution in [1.82, 2.24) is 0 Å². The van der Waals surface area contributed by atoms with Gasteiger partial charge in [0.1, 0.15) is 5.60 Å². The second-order valence-corrected chi connectivity index (χ2v) is 2.95. The van der Waals surface area contributed by atoms with Crippen molar-refractivity contribution in [2.45, 2.75) is 24.9 Å². The number of aliphatic carboxylic acids is 1. The van der Waals surface area contributed by atoms with Crippen LogP contribution in [0.2, 0.25) is 0 Å². The van der Waals surface area contributed by atoms with Crippen LogP contribution in [0.3, 0.4) is 0 Å². The summed E-state index contributed by atoms with van der Waals surface area (Å²) >= 11 is 0. The van der Waals surface area contributed by atoms with E-state index in [1.807, 2.05) is 0 Å². The molecule has 1 fully saturated rings. The zero-order valence-corrected chi connectivity index (χ0v) is 6.08. The summed E-state index contributed by atoms with van der Waals surface area (Å²) in [4.78, 5) is 10.4. The minimum atomic E-state index is -1.16. The molecular formula is C8H10O3. The Bertz CT molecular complexity index is 216. The molecule has 0 saturated heterocycles. The van der Waals surface area contributed by atoms with Gasteiger partial charge in [-0.15, -0.1) is 6.42 Å². The normalized spacial score (nSPS) is 36.5. The smallest absolute Gasteiger partial charge is 0.306 e. The minimum absolute atomic E-state index is 0.193. The highest BCUT2D eigenvalue weighted by atomic mass is 16.4. The van der Waals surface area contributed by atoms with Crippen LogP contribution < -0.4 is 0 Å². The summed E-state index contributed by atoms with van der Waals surface area (Å²) < 4.78 is 0. The molecule has 60 valence electrons. The van der Waals surface area contributed by atoms with E-state index < -0.39 is 17.5 Å². The molecule has 0 spiro atoms.